The average molecular weight is 142 g/mol. The van der Waals surface area contributed by atoms with Crippen molar-refractivity contribution in [3.05, 3.63) is 12.2 Å². The molecule has 0 heterocycles. The van der Waals surface area contributed by atoms with Crippen LogP contribution in [-0.4, -0.2) is 11.4 Å². The van der Waals surface area contributed by atoms with Gasteiger partial charge in [-0.15, -0.1) is 0 Å². The minimum atomic E-state index is 0.0740. The second-order valence-electron chi connectivity index (χ2n) is 2.71. The minimum Gasteiger partial charge on any atom is -0.252 e. The zero-order chi connectivity index (χ0) is 7.23. The molecule has 0 amide bonds. The summed E-state index contributed by atoms with van der Waals surface area (Å²) in [6.07, 6.45) is 9.66. The van der Waals surface area contributed by atoms with Crippen molar-refractivity contribution in [2.24, 2.45) is 0 Å². The van der Waals surface area contributed by atoms with Gasteiger partial charge in [0, 0.05) is 0 Å². The fourth-order valence-electron chi connectivity index (χ4n) is 1.23. The van der Waals surface area contributed by atoms with Crippen LogP contribution < -0.4 is 0 Å². The van der Waals surface area contributed by atoms with Crippen LogP contribution in [0.5, 0.6) is 0 Å². The second kappa shape index (κ2) is 4.47. The Morgan fingerprint density at radius 3 is 2.80 bits per heavy atom. The lowest BCUT2D eigenvalue weighted by Crippen LogP contribution is -2.10. The molecular weight excluding hydrogens is 128 g/mol. The van der Waals surface area contributed by atoms with E-state index in [1.165, 1.54) is 0 Å². The Morgan fingerprint density at radius 2 is 2.00 bits per heavy atom. The van der Waals surface area contributed by atoms with Gasteiger partial charge in [0.25, 0.3) is 0 Å². The standard InChI is InChI=1S/C8H14O2/c9-10-8-6-4-2-1-3-5-7-8/h1-2,8-9H,3-7H2/b2-1+/t8-/m1/s1. The minimum absolute atomic E-state index is 0.0740. The van der Waals surface area contributed by atoms with E-state index in [-0.39, 0.29) is 6.10 Å². The monoisotopic (exact) mass is 142 g/mol. The summed E-state index contributed by atoms with van der Waals surface area (Å²) in [5.74, 6) is 0. The Morgan fingerprint density at radius 1 is 1.20 bits per heavy atom. The van der Waals surface area contributed by atoms with E-state index in [0.717, 1.165) is 32.1 Å². The highest BCUT2D eigenvalue weighted by atomic mass is 17.1. The molecule has 1 rings (SSSR count). The van der Waals surface area contributed by atoms with Crippen molar-refractivity contribution in [3.63, 3.8) is 0 Å². The molecule has 0 unspecified atom stereocenters. The lowest BCUT2D eigenvalue weighted by molar-refractivity contribution is -0.281. The first-order valence-corrected chi connectivity index (χ1v) is 3.88. The van der Waals surface area contributed by atoms with E-state index < -0.39 is 0 Å². The molecule has 0 aromatic heterocycles. The molecule has 0 aromatic carbocycles. The van der Waals surface area contributed by atoms with Crippen LogP contribution in [0.15, 0.2) is 12.2 Å². The summed E-state index contributed by atoms with van der Waals surface area (Å²) in [5, 5.41) is 8.38. The smallest absolute Gasteiger partial charge is 0.0930 e. The van der Waals surface area contributed by atoms with Gasteiger partial charge in [0.15, 0.2) is 0 Å². The van der Waals surface area contributed by atoms with Crippen molar-refractivity contribution in [1.29, 1.82) is 0 Å². The number of allylic oxidation sites excluding steroid dienone is 2. The Labute approximate surface area is 61.4 Å². The van der Waals surface area contributed by atoms with Crippen LogP contribution in [0.2, 0.25) is 0 Å². The summed E-state index contributed by atoms with van der Waals surface area (Å²) < 4.78 is 0. The SMILES string of the molecule is OO[C@@H]1CC/C=C/CCC1. The molecule has 0 saturated heterocycles. The van der Waals surface area contributed by atoms with E-state index in [1.807, 2.05) is 0 Å². The maximum atomic E-state index is 8.38. The highest BCUT2D eigenvalue weighted by molar-refractivity contribution is 4.84. The van der Waals surface area contributed by atoms with Gasteiger partial charge in [0.1, 0.15) is 0 Å². The molecule has 1 aliphatic carbocycles. The number of rotatable bonds is 1. The van der Waals surface area contributed by atoms with Gasteiger partial charge in [-0.05, 0) is 32.1 Å². The molecule has 1 N–H and O–H groups in total. The third-order valence-corrected chi connectivity index (χ3v) is 1.87. The Bertz CT molecular complexity index is 110. The van der Waals surface area contributed by atoms with Gasteiger partial charge in [0.05, 0.1) is 6.10 Å². The lowest BCUT2D eigenvalue weighted by Gasteiger charge is -2.12. The topological polar surface area (TPSA) is 29.5 Å². The summed E-state index contributed by atoms with van der Waals surface area (Å²) in [6, 6.07) is 0. The fraction of sp³-hybridized carbons (Fsp3) is 0.750. The van der Waals surface area contributed by atoms with Crippen molar-refractivity contribution in [2.75, 3.05) is 0 Å². The molecule has 1 aliphatic rings. The van der Waals surface area contributed by atoms with Gasteiger partial charge in [-0.3, -0.25) is 5.26 Å². The van der Waals surface area contributed by atoms with E-state index in [0.29, 0.717) is 0 Å². The summed E-state index contributed by atoms with van der Waals surface area (Å²) in [5.41, 5.74) is 0. The van der Waals surface area contributed by atoms with Gasteiger partial charge < -0.3 is 0 Å². The van der Waals surface area contributed by atoms with Crippen molar-refractivity contribution < 1.29 is 10.1 Å². The molecule has 0 aromatic rings. The van der Waals surface area contributed by atoms with Crippen LogP contribution in [0.25, 0.3) is 0 Å². The quantitative estimate of drug-likeness (QED) is 0.346. The predicted molar refractivity (Wildman–Crippen MR) is 39.7 cm³/mol. The maximum absolute atomic E-state index is 8.38. The van der Waals surface area contributed by atoms with Crippen molar-refractivity contribution in [3.8, 4) is 0 Å². The molecule has 0 aliphatic heterocycles. The first-order valence-electron chi connectivity index (χ1n) is 3.88. The summed E-state index contributed by atoms with van der Waals surface area (Å²) >= 11 is 0. The average Bonchev–Trinajstić information content (AvgIpc) is 1.87. The summed E-state index contributed by atoms with van der Waals surface area (Å²) in [4.78, 5) is 4.29. The highest BCUT2D eigenvalue weighted by Gasteiger charge is 2.08. The molecule has 2 heteroatoms. The molecule has 2 nitrogen and oxygen atoms in total. The Balaban J connectivity index is 2.27. The van der Waals surface area contributed by atoms with Crippen LogP contribution >= 0.6 is 0 Å². The summed E-state index contributed by atoms with van der Waals surface area (Å²) in [6.45, 7) is 0. The van der Waals surface area contributed by atoms with Crippen molar-refractivity contribution in [2.45, 2.75) is 38.2 Å². The molecule has 0 bridgehead atoms. The predicted octanol–water partition coefficient (Wildman–Crippen LogP) is 2.36. The zero-order valence-electron chi connectivity index (χ0n) is 6.12. The van der Waals surface area contributed by atoms with Crippen LogP contribution in [0.4, 0.5) is 0 Å². The largest absolute Gasteiger partial charge is 0.252 e. The number of hydrogen-bond donors (Lipinski definition) is 1. The molecule has 0 fully saturated rings. The van der Waals surface area contributed by atoms with Crippen LogP contribution in [0.1, 0.15) is 32.1 Å². The normalized spacial score (nSPS) is 30.7. The van der Waals surface area contributed by atoms with E-state index in [9.17, 15) is 0 Å². The first kappa shape index (κ1) is 7.76. The van der Waals surface area contributed by atoms with E-state index in [4.69, 9.17) is 5.26 Å². The second-order valence-corrected chi connectivity index (χ2v) is 2.71. The Hall–Kier alpha value is -0.340. The van der Waals surface area contributed by atoms with Gasteiger partial charge in [-0.1, -0.05) is 12.2 Å². The number of hydrogen-bond acceptors (Lipinski definition) is 2. The third kappa shape index (κ3) is 2.50. The van der Waals surface area contributed by atoms with Gasteiger partial charge in [-0.25, -0.2) is 4.89 Å². The van der Waals surface area contributed by atoms with Crippen LogP contribution in [0.3, 0.4) is 0 Å². The lowest BCUT2D eigenvalue weighted by atomic mass is 10.0. The molecular formula is C8H14O2. The van der Waals surface area contributed by atoms with E-state index in [1.54, 1.807) is 0 Å². The fourth-order valence-corrected chi connectivity index (χ4v) is 1.23. The third-order valence-electron chi connectivity index (χ3n) is 1.87. The van der Waals surface area contributed by atoms with E-state index in [2.05, 4.69) is 17.0 Å². The van der Waals surface area contributed by atoms with Gasteiger partial charge in [0.2, 0.25) is 0 Å². The molecule has 0 radical (unpaired) electrons. The maximum Gasteiger partial charge on any atom is 0.0930 e. The van der Waals surface area contributed by atoms with Gasteiger partial charge >= 0.3 is 0 Å². The molecule has 0 saturated carbocycles. The highest BCUT2D eigenvalue weighted by Crippen LogP contribution is 2.13. The molecule has 1 atom stereocenters. The molecule has 58 valence electrons. The van der Waals surface area contributed by atoms with Crippen LogP contribution in [-0.2, 0) is 4.89 Å². The van der Waals surface area contributed by atoms with Crippen LogP contribution in [0, 0.1) is 0 Å². The molecule has 10 heavy (non-hydrogen) atoms. The molecule has 0 spiro atoms. The van der Waals surface area contributed by atoms with Crippen molar-refractivity contribution in [1.82, 2.24) is 0 Å². The Kier molecular flexibility index (Phi) is 3.47. The van der Waals surface area contributed by atoms with Gasteiger partial charge in [-0.2, -0.15) is 0 Å². The van der Waals surface area contributed by atoms with E-state index >= 15 is 0 Å². The first-order chi connectivity index (χ1) is 4.93. The van der Waals surface area contributed by atoms with Crippen molar-refractivity contribution >= 4 is 0 Å². The summed E-state index contributed by atoms with van der Waals surface area (Å²) in [7, 11) is 0. The zero-order valence-corrected chi connectivity index (χ0v) is 6.12.